The molecule has 4 nitrogen and oxygen atoms in total. The SMILES string of the molecule is CC[C@H]1[C@@H]2C[C@H]3[C@@H]4N(C)c5ccccc5C45C[C@@H]([C@H]2[C@H]5O)N3[C@@H]1O. The standard InChI is InChI=1S/C20H26N2O2/c1-3-10-11-8-14-17-20(12-6-4-5-7-13(12)21(17)2)9-15(16(11)18(20)23)22(14)19(10)24/h4-7,10-11,14-19,23-24H,3,8-9H2,1-2H3/t10-,11-,14-,15-,16-,17-,18+,19+,20?/m0/s1. The van der Waals surface area contributed by atoms with Crippen molar-refractivity contribution in [3.05, 3.63) is 29.8 Å². The number of rotatable bonds is 1. The lowest BCUT2D eigenvalue weighted by molar-refractivity contribution is -0.211. The predicted molar refractivity (Wildman–Crippen MR) is 91.7 cm³/mol. The number of hydrogen-bond acceptors (Lipinski definition) is 4. The summed E-state index contributed by atoms with van der Waals surface area (Å²) in [6.07, 6.45) is 2.56. The topological polar surface area (TPSA) is 46.9 Å². The number of para-hydroxylation sites is 1. The molecule has 1 aromatic carbocycles. The van der Waals surface area contributed by atoms with Gasteiger partial charge in [0.1, 0.15) is 6.23 Å². The van der Waals surface area contributed by atoms with E-state index >= 15 is 0 Å². The molecule has 6 aliphatic rings. The van der Waals surface area contributed by atoms with Gasteiger partial charge in [0.25, 0.3) is 0 Å². The molecule has 5 heterocycles. The predicted octanol–water partition coefficient (Wildman–Crippen LogP) is 1.55. The third kappa shape index (κ3) is 1.20. The molecule has 5 fully saturated rings. The van der Waals surface area contributed by atoms with E-state index in [0.29, 0.717) is 35.9 Å². The third-order valence-corrected chi connectivity index (χ3v) is 8.46. The Morgan fingerprint density at radius 1 is 1.21 bits per heavy atom. The van der Waals surface area contributed by atoms with Gasteiger partial charge in [-0.1, -0.05) is 25.1 Å². The first-order valence-electron chi connectivity index (χ1n) is 9.57. The highest BCUT2D eigenvalue weighted by Gasteiger charge is 2.76. The van der Waals surface area contributed by atoms with E-state index in [1.807, 2.05) is 0 Å². The molecule has 0 aromatic heterocycles. The zero-order valence-corrected chi connectivity index (χ0v) is 14.3. The summed E-state index contributed by atoms with van der Waals surface area (Å²) in [5, 5.41) is 22.6. The second-order valence-corrected chi connectivity index (χ2v) is 8.81. The molecule has 0 radical (unpaired) electrons. The number of benzene rings is 1. The van der Waals surface area contributed by atoms with Crippen molar-refractivity contribution in [3.8, 4) is 0 Å². The molecule has 7 rings (SSSR count). The second kappa shape index (κ2) is 4.17. The Morgan fingerprint density at radius 2 is 2.00 bits per heavy atom. The largest absolute Gasteiger partial charge is 0.392 e. The summed E-state index contributed by atoms with van der Waals surface area (Å²) >= 11 is 0. The van der Waals surface area contributed by atoms with Crippen LogP contribution in [-0.4, -0.2) is 52.6 Å². The number of likely N-dealkylation sites (N-methyl/N-ethyl adjacent to an activating group) is 1. The van der Waals surface area contributed by atoms with Gasteiger partial charge in [-0.2, -0.15) is 0 Å². The second-order valence-electron chi connectivity index (χ2n) is 8.81. The molecule has 2 N–H and O–H groups in total. The minimum Gasteiger partial charge on any atom is -0.392 e. The van der Waals surface area contributed by atoms with Crippen molar-refractivity contribution in [1.29, 1.82) is 0 Å². The molecule has 24 heavy (non-hydrogen) atoms. The van der Waals surface area contributed by atoms with Crippen molar-refractivity contribution < 1.29 is 10.2 Å². The van der Waals surface area contributed by atoms with Crippen LogP contribution < -0.4 is 4.90 Å². The molecule has 128 valence electrons. The van der Waals surface area contributed by atoms with Gasteiger partial charge < -0.3 is 15.1 Å². The van der Waals surface area contributed by atoms with E-state index in [4.69, 9.17) is 0 Å². The Morgan fingerprint density at radius 3 is 2.79 bits per heavy atom. The summed E-state index contributed by atoms with van der Waals surface area (Å²) < 4.78 is 0. The summed E-state index contributed by atoms with van der Waals surface area (Å²) in [5.41, 5.74) is 2.51. The van der Waals surface area contributed by atoms with Crippen LogP contribution in [0.4, 0.5) is 5.69 Å². The van der Waals surface area contributed by atoms with Crippen molar-refractivity contribution >= 4 is 5.69 Å². The van der Waals surface area contributed by atoms with E-state index in [1.165, 1.54) is 11.3 Å². The maximum Gasteiger partial charge on any atom is 0.111 e. The molecule has 1 aliphatic carbocycles. The van der Waals surface area contributed by atoms with Crippen molar-refractivity contribution in [1.82, 2.24) is 4.90 Å². The molecule has 4 saturated heterocycles. The number of fused-ring (bicyclic) bond motifs is 2. The smallest absolute Gasteiger partial charge is 0.111 e. The lowest BCUT2D eigenvalue weighted by Gasteiger charge is -2.62. The van der Waals surface area contributed by atoms with Crippen molar-refractivity contribution in [2.45, 2.75) is 62.1 Å². The first-order valence-corrected chi connectivity index (χ1v) is 9.57. The van der Waals surface area contributed by atoms with Crippen molar-refractivity contribution in [2.75, 3.05) is 11.9 Å². The number of aliphatic hydroxyl groups excluding tert-OH is 2. The first kappa shape index (κ1) is 14.1. The minimum atomic E-state index is -0.319. The Balaban J connectivity index is 1.60. The lowest BCUT2D eigenvalue weighted by atomic mass is 9.62. The molecule has 0 amide bonds. The maximum atomic E-state index is 11.6. The Labute approximate surface area is 143 Å². The van der Waals surface area contributed by atoms with Crippen LogP contribution in [0.25, 0.3) is 0 Å². The molecule has 1 saturated carbocycles. The molecule has 10 atom stereocenters. The van der Waals surface area contributed by atoms with Crippen LogP contribution in [0.2, 0.25) is 0 Å². The molecular weight excluding hydrogens is 300 g/mol. The fourth-order valence-corrected chi connectivity index (χ4v) is 7.88. The zero-order chi connectivity index (χ0) is 16.4. The van der Waals surface area contributed by atoms with Crippen molar-refractivity contribution in [2.24, 2.45) is 17.8 Å². The van der Waals surface area contributed by atoms with Crippen LogP contribution >= 0.6 is 0 Å². The Hall–Kier alpha value is -1.10. The van der Waals surface area contributed by atoms with Gasteiger partial charge in [-0.15, -0.1) is 0 Å². The monoisotopic (exact) mass is 326 g/mol. The first-order chi connectivity index (χ1) is 11.6. The van der Waals surface area contributed by atoms with Gasteiger partial charge >= 0.3 is 0 Å². The van der Waals surface area contributed by atoms with E-state index in [-0.39, 0.29) is 17.7 Å². The van der Waals surface area contributed by atoms with E-state index in [9.17, 15) is 10.2 Å². The van der Waals surface area contributed by atoms with E-state index in [2.05, 4.69) is 48.0 Å². The number of nitrogens with zero attached hydrogens (tertiary/aromatic N) is 2. The van der Waals surface area contributed by atoms with Crippen LogP contribution in [0.5, 0.6) is 0 Å². The van der Waals surface area contributed by atoms with Gasteiger partial charge in [0.15, 0.2) is 0 Å². The molecule has 5 bridgehead atoms. The van der Waals surface area contributed by atoms with Crippen LogP contribution in [-0.2, 0) is 5.41 Å². The normalized spacial score (nSPS) is 55.8. The molecule has 1 spiro atoms. The fraction of sp³-hybridized carbons (Fsp3) is 0.700. The van der Waals surface area contributed by atoms with E-state index in [1.54, 1.807) is 0 Å². The van der Waals surface area contributed by atoms with Crippen LogP contribution in [0.1, 0.15) is 31.7 Å². The average molecular weight is 326 g/mol. The van der Waals surface area contributed by atoms with Crippen LogP contribution in [0.3, 0.4) is 0 Å². The highest BCUT2D eigenvalue weighted by Crippen LogP contribution is 2.68. The van der Waals surface area contributed by atoms with Gasteiger partial charge in [0.2, 0.25) is 0 Å². The summed E-state index contributed by atoms with van der Waals surface area (Å²) in [7, 11) is 2.19. The molecule has 4 heteroatoms. The van der Waals surface area contributed by atoms with Gasteiger partial charge in [-0.05, 0) is 36.8 Å². The summed E-state index contributed by atoms with van der Waals surface area (Å²) in [6.45, 7) is 2.19. The summed E-state index contributed by atoms with van der Waals surface area (Å²) in [6, 6.07) is 9.70. The van der Waals surface area contributed by atoms with E-state index in [0.717, 1.165) is 19.3 Å². The summed E-state index contributed by atoms with van der Waals surface area (Å²) in [5.74, 6) is 1.14. The lowest BCUT2D eigenvalue weighted by Crippen LogP contribution is -2.72. The average Bonchev–Trinajstić information content (AvgIpc) is 2.97. The fourth-order valence-electron chi connectivity index (χ4n) is 7.88. The van der Waals surface area contributed by atoms with Gasteiger partial charge in [0, 0.05) is 42.1 Å². The minimum absolute atomic E-state index is 0.126. The molecule has 1 aromatic rings. The van der Waals surface area contributed by atoms with E-state index < -0.39 is 0 Å². The third-order valence-electron chi connectivity index (χ3n) is 8.46. The summed E-state index contributed by atoms with van der Waals surface area (Å²) in [4.78, 5) is 4.83. The number of anilines is 1. The number of piperidine rings is 4. The van der Waals surface area contributed by atoms with Gasteiger partial charge in [-0.3, -0.25) is 4.90 Å². The maximum absolute atomic E-state index is 11.6. The highest BCUT2D eigenvalue weighted by molar-refractivity contribution is 5.67. The van der Waals surface area contributed by atoms with Crippen molar-refractivity contribution in [3.63, 3.8) is 0 Å². The Kier molecular flexibility index (Phi) is 2.45. The number of hydrogen-bond donors (Lipinski definition) is 2. The van der Waals surface area contributed by atoms with Crippen LogP contribution in [0.15, 0.2) is 24.3 Å². The molecule has 2 unspecified atom stereocenters. The number of aliphatic hydroxyl groups is 2. The quantitative estimate of drug-likeness (QED) is 0.822. The zero-order valence-electron chi connectivity index (χ0n) is 14.3. The van der Waals surface area contributed by atoms with Gasteiger partial charge in [0.05, 0.1) is 12.1 Å². The molecule has 5 aliphatic heterocycles. The van der Waals surface area contributed by atoms with Gasteiger partial charge in [-0.25, -0.2) is 0 Å². The van der Waals surface area contributed by atoms with Crippen LogP contribution in [0, 0.1) is 17.8 Å². The Bertz CT molecular complexity index is 723. The molecular formula is C20H26N2O2. The highest BCUT2D eigenvalue weighted by atomic mass is 16.3.